The second kappa shape index (κ2) is 5.75. The molecule has 0 saturated carbocycles. The molecule has 21 heavy (non-hydrogen) atoms. The van der Waals surface area contributed by atoms with Gasteiger partial charge in [0.2, 0.25) is 5.91 Å². The van der Waals surface area contributed by atoms with E-state index in [9.17, 15) is 9.59 Å². The molecule has 0 spiro atoms. The summed E-state index contributed by atoms with van der Waals surface area (Å²) < 4.78 is 7.23. The van der Waals surface area contributed by atoms with E-state index in [1.54, 1.807) is 0 Å². The molecule has 7 heteroatoms. The third-order valence-electron chi connectivity index (χ3n) is 3.47. The molecule has 0 radical (unpaired) electrons. The Kier molecular flexibility index (Phi) is 3.97. The molecule has 2 aromatic rings. The van der Waals surface area contributed by atoms with Crippen LogP contribution in [0.3, 0.4) is 0 Å². The van der Waals surface area contributed by atoms with Crippen molar-refractivity contribution in [2.45, 2.75) is 6.04 Å². The molecule has 0 aliphatic carbocycles. The fourth-order valence-corrected chi connectivity index (χ4v) is 3.85. The fourth-order valence-electron chi connectivity index (χ4n) is 2.33. The summed E-state index contributed by atoms with van der Waals surface area (Å²) in [6.07, 6.45) is 0. The molecule has 1 aliphatic rings. The van der Waals surface area contributed by atoms with Gasteiger partial charge in [0.15, 0.2) is 0 Å². The monoisotopic (exact) mass is 368 g/mol. The largest absolute Gasteiger partial charge is 0.378 e. The molecule has 0 unspecified atom stereocenters. The van der Waals surface area contributed by atoms with Crippen LogP contribution in [0.15, 0.2) is 28.7 Å². The van der Waals surface area contributed by atoms with Gasteiger partial charge in [-0.25, -0.2) is 0 Å². The number of nitrogens with one attached hydrogen (secondary N) is 1. The second-order valence-corrected chi connectivity index (χ2v) is 6.92. The van der Waals surface area contributed by atoms with Crippen LogP contribution in [0.1, 0.15) is 9.67 Å². The molecular weight excluding hydrogens is 356 g/mol. The Hall–Kier alpha value is -1.44. The SMILES string of the molecule is NC(=O)[C@@H]1COC[C@@H]1NC(=O)c1cc2ccc(Br)cc2s1. The highest BCUT2D eigenvalue weighted by atomic mass is 79.9. The van der Waals surface area contributed by atoms with Crippen LogP contribution in [0.4, 0.5) is 0 Å². The van der Waals surface area contributed by atoms with Crippen LogP contribution < -0.4 is 11.1 Å². The van der Waals surface area contributed by atoms with Crippen LogP contribution in [0.25, 0.3) is 10.1 Å². The van der Waals surface area contributed by atoms with Gasteiger partial charge in [0.1, 0.15) is 0 Å². The van der Waals surface area contributed by atoms with E-state index in [0.29, 0.717) is 11.5 Å². The predicted molar refractivity (Wildman–Crippen MR) is 84.3 cm³/mol. The first-order chi connectivity index (χ1) is 10.0. The van der Waals surface area contributed by atoms with E-state index >= 15 is 0 Å². The normalized spacial score (nSPS) is 21.6. The number of nitrogens with two attached hydrogens (primary N) is 1. The minimum absolute atomic E-state index is 0.200. The van der Waals surface area contributed by atoms with Crippen molar-refractivity contribution in [2.24, 2.45) is 11.7 Å². The highest BCUT2D eigenvalue weighted by Gasteiger charge is 2.34. The number of amides is 2. The quantitative estimate of drug-likeness (QED) is 0.867. The first kappa shape index (κ1) is 14.5. The summed E-state index contributed by atoms with van der Waals surface area (Å²) in [5, 5.41) is 3.85. The first-order valence-corrected chi connectivity index (χ1v) is 8.02. The molecular formula is C14H13BrN2O3S. The van der Waals surface area contributed by atoms with Crippen molar-refractivity contribution in [3.05, 3.63) is 33.6 Å². The Morgan fingerprint density at radius 3 is 2.90 bits per heavy atom. The molecule has 1 saturated heterocycles. The first-order valence-electron chi connectivity index (χ1n) is 6.41. The van der Waals surface area contributed by atoms with Crippen molar-refractivity contribution in [3.8, 4) is 0 Å². The summed E-state index contributed by atoms with van der Waals surface area (Å²) in [5.74, 6) is -1.11. The van der Waals surface area contributed by atoms with Crippen LogP contribution in [0.2, 0.25) is 0 Å². The number of carbonyl (C=O) groups is 2. The van der Waals surface area contributed by atoms with Crippen LogP contribution >= 0.6 is 27.3 Å². The van der Waals surface area contributed by atoms with E-state index in [4.69, 9.17) is 10.5 Å². The van der Waals surface area contributed by atoms with Crippen LogP contribution in [-0.2, 0) is 9.53 Å². The maximum atomic E-state index is 12.3. The van der Waals surface area contributed by atoms with Gasteiger partial charge in [-0.3, -0.25) is 9.59 Å². The molecule has 3 N–H and O–H groups in total. The summed E-state index contributed by atoms with van der Waals surface area (Å²) in [6, 6.07) is 7.35. The number of thiophene rings is 1. The van der Waals surface area contributed by atoms with Crippen molar-refractivity contribution in [2.75, 3.05) is 13.2 Å². The number of ether oxygens (including phenoxy) is 1. The van der Waals surface area contributed by atoms with Gasteiger partial charge in [-0.05, 0) is 23.6 Å². The van der Waals surface area contributed by atoms with Gasteiger partial charge in [0, 0.05) is 9.17 Å². The van der Waals surface area contributed by atoms with Crippen molar-refractivity contribution >= 4 is 49.2 Å². The Labute approximate surface area is 133 Å². The predicted octanol–water partition coefficient (Wildman–Crippen LogP) is 1.89. The zero-order valence-electron chi connectivity index (χ0n) is 11.0. The Balaban J connectivity index is 1.79. The average molecular weight is 369 g/mol. The van der Waals surface area contributed by atoms with Crippen molar-refractivity contribution in [1.82, 2.24) is 5.32 Å². The third-order valence-corrected chi connectivity index (χ3v) is 5.06. The van der Waals surface area contributed by atoms with Crippen LogP contribution in [-0.4, -0.2) is 31.1 Å². The van der Waals surface area contributed by atoms with Gasteiger partial charge < -0.3 is 15.8 Å². The smallest absolute Gasteiger partial charge is 0.261 e. The molecule has 1 aromatic heterocycles. The van der Waals surface area contributed by atoms with Gasteiger partial charge in [0.25, 0.3) is 5.91 Å². The number of benzene rings is 1. The van der Waals surface area contributed by atoms with Gasteiger partial charge in [0.05, 0.1) is 30.1 Å². The lowest BCUT2D eigenvalue weighted by atomic mass is 10.0. The molecule has 0 bridgehead atoms. The Bertz CT molecular complexity index is 715. The lowest BCUT2D eigenvalue weighted by molar-refractivity contribution is -0.122. The van der Waals surface area contributed by atoms with E-state index in [2.05, 4.69) is 21.2 Å². The number of rotatable bonds is 3. The number of halogens is 1. The lowest BCUT2D eigenvalue weighted by Crippen LogP contribution is -2.44. The van der Waals surface area contributed by atoms with E-state index < -0.39 is 11.8 Å². The molecule has 110 valence electrons. The maximum Gasteiger partial charge on any atom is 0.261 e. The zero-order chi connectivity index (χ0) is 15.0. The van der Waals surface area contributed by atoms with Gasteiger partial charge in [-0.1, -0.05) is 22.0 Å². The summed E-state index contributed by atoms with van der Waals surface area (Å²) in [7, 11) is 0. The van der Waals surface area contributed by atoms with E-state index in [0.717, 1.165) is 14.6 Å². The van der Waals surface area contributed by atoms with E-state index in [-0.39, 0.29) is 18.6 Å². The van der Waals surface area contributed by atoms with Gasteiger partial charge in [-0.15, -0.1) is 11.3 Å². The summed E-state index contributed by atoms with van der Waals surface area (Å²) in [5.41, 5.74) is 5.31. The fraction of sp³-hybridized carbons (Fsp3) is 0.286. The van der Waals surface area contributed by atoms with Crippen molar-refractivity contribution in [1.29, 1.82) is 0 Å². The molecule has 3 rings (SSSR count). The molecule has 1 fully saturated rings. The molecule has 1 aromatic carbocycles. The highest BCUT2D eigenvalue weighted by Crippen LogP contribution is 2.28. The summed E-state index contributed by atoms with van der Waals surface area (Å²) >= 11 is 4.83. The summed E-state index contributed by atoms with van der Waals surface area (Å²) in [4.78, 5) is 24.2. The minimum Gasteiger partial charge on any atom is -0.378 e. The number of fused-ring (bicyclic) bond motifs is 1. The third kappa shape index (κ3) is 2.95. The minimum atomic E-state index is -0.461. The Morgan fingerprint density at radius 2 is 2.14 bits per heavy atom. The molecule has 2 heterocycles. The van der Waals surface area contributed by atoms with Crippen LogP contribution in [0, 0.1) is 5.92 Å². The number of hydrogen-bond acceptors (Lipinski definition) is 4. The number of primary amides is 1. The molecule has 5 nitrogen and oxygen atoms in total. The van der Waals surface area contributed by atoms with E-state index in [1.165, 1.54) is 11.3 Å². The maximum absolute atomic E-state index is 12.3. The second-order valence-electron chi connectivity index (χ2n) is 4.92. The van der Waals surface area contributed by atoms with Gasteiger partial charge >= 0.3 is 0 Å². The van der Waals surface area contributed by atoms with Crippen LogP contribution in [0.5, 0.6) is 0 Å². The highest BCUT2D eigenvalue weighted by molar-refractivity contribution is 9.10. The Morgan fingerprint density at radius 1 is 1.33 bits per heavy atom. The van der Waals surface area contributed by atoms with Crippen molar-refractivity contribution < 1.29 is 14.3 Å². The van der Waals surface area contributed by atoms with E-state index in [1.807, 2.05) is 24.3 Å². The average Bonchev–Trinajstić information content (AvgIpc) is 3.04. The number of carbonyl (C=O) groups excluding carboxylic acids is 2. The number of hydrogen-bond donors (Lipinski definition) is 2. The lowest BCUT2D eigenvalue weighted by Gasteiger charge is -2.15. The van der Waals surface area contributed by atoms with Crippen molar-refractivity contribution in [3.63, 3.8) is 0 Å². The molecule has 2 amide bonds. The zero-order valence-corrected chi connectivity index (χ0v) is 13.4. The molecule has 1 aliphatic heterocycles. The topological polar surface area (TPSA) is 81.4 Å². The van der Waals surface area contributed by atoms with Gasteiger partial charge in [-0.2, -0.15) is 0 Å². The standard InChI is InChI=1S/C14H13BrN2O3S/c15-8-2-1-7-3-12(21-11(7)4-8)14(19)17-10-6-20-5-9(10)13(16)18/h1-4,9-10H,5-6H2,(H2,16,18)(H,17,19)/t9-,10+/m1/s1. The summed E-state index contributed by atoms with van der Waals surface area (Å²) in [6.45, 7) is 0.579. The molecule has 2 atom stereocenters.